The van der Waals surface area contributed by atoms with E-state index < -0.39 is 6.04 Å². The molecule has 1 N–H and O–H groups in total. The van der Waals surface area contributed by atoms with E-state index in [2.05, 4.69) is 5.32 Å². The minimum absolute atomic E-state index is 0.00204. The highest BCUT2D eigenvalue weighted by atomic mass is 16.5. The highest BCUT2D eigenvalue weighted by Crippen LogP contribution is 2.16. The summed E-state index contributed by atoms with van der Waals surface area (Å²) in [4.78, 5) is 27.3. The Labute approximate surface area is 149 Å². The van der Waals surface area contributed by atoms with E-state index in [1.807, 2.05) is 27.7 Å². The van der Waals surface area contributed by atoms with Crippen LogP contribution in [-0.2, 0) is 9.53 Å². The first-order valence-corrected chi connectivity index (χ1v) is 8.71. The van der Waals surface area contributed by atoms with Gasteiger partial charge in [-0.2, -0.15) is 0 Å². The normalized spacial score (nSPS) is 21.8. The van der Waals surface area contributed by atoms with Gasteiger partial charge in [0.2, 0.25) is 5.91 Å². The molecule has 1 aromatic carbocycles. The van der Waals surface area contributed by atoms with Crippen LogP contribution in [0.4, 0.5) is 0 Å². The first-order valence-electron chi connectivity index (χ1n) is 8.71. The number of hydrogen-bond acceptors (Lipinski definition) is 4. The van der Waals surface area contributed by atoms with Crippen molar-refractivity contribution in [3.63, 3.8) is 0 Å². The van der Waals surface area contributed by atoms with Crippen LogP contribution in [0.3, 0.4) is 0 Å². The van der Waals surface area contributed by atoms with E-state index in [1.54, 1.807) is 36.3 Å². The number of carbonyl (C=O) groups is 2. The van der Waals surface area contributed by atoms with Gasteiger partial charge in [-0.1, -0.05) is 13.8 Å². The van der Waals surface area contributed by atoms with Crippen molar-refractivity contribution in [3.8, 4) is 5.75 Å². The molecule has 2 rings (SSSR count). The van der Waals surface area contributed by atoms with Crippen molar-refractivity contribution < 1.29 is 19.1 Å². The number of morpholine rings is 1. The Morgan fingerprint density at radius 3 is 2.20 bits per heavy atom. The number of nitrogens with zero attached hydrogens (tertiary/aromatic N) is 1. The summed E-state index contributed by atoms with van der Waals surface area (Å²) in [6.45, 7) is 8.87. The first kappa shape index (κ1) is 19.2. The fraction of sp³-hybridized carbons (Fsp3) is 0.579. The van der Waals surface area contributed by atoms with Crippen LogP contribution < -0.4 is 10.1 Å². The Kier molecular flexibility index (Phi) is 6.42. The highest BCUT2D eigenvalue weighted by Gasteiger charge is 2.33. The van der Waals surface area contributed by atoms with Gasteiger partial charge in [-0.15, -0.1) is 0 Å². The third-order valence-electron chi connectivity index (χ3n) is 4.30. The van der Waals surface area contributed by atoms with Crippen LogP contribution in [0.25, 0.3) is 0 Å². The number of ether oxygens (including phenoxy) is 2. The summed E-state index contributed by atoms with van der Waals surface area (Å²) in [6, 6.07) is 6.27. The van der Waals surface area contributed by atoms with E-state index in [4.69, 9.17) is 9.47 Å². The summed E-state index contributed by atoms with van der Waals surface area (Å²) in [5.74, 6) is 0.357. The molecule has 1 aliphatic heterocycles. The maximum Gasteiger partial charge on any atom is 0.251 e. The van der Waals surface area contributed by atoms with Gasteiger partial charge >= 0.3 is 0 Å². The van der Waals surface area contributed by atoms with Crippen LogP contribution in [0.5, 0.6) is 5.75 Å². The standard InChI is InChI=1S/C19H28N2O4/c1-12(2)17(19(23)21-10-13(3)25-14(4)11-21)20-18(22)15-6-8-16(24-5)9-7-15/h6-9,12-14,17H,10-11H2,1-5H3,(H,20,22). The van der Waals surface area contributed by atoms with Gasteiger partial charge in [0.05, 0.1) is 19.3 Å². The van der Waals surface area contributed by atoms with Gasteiger partial charge in [0.25, 0.3) is 5.91 Å². The van der Waals surface area contributed by atoms with Gasteiger partial charge < -0.3 is 19.7 Å². The van der Waals surface area contributed by atoms with E-state index in [-0.39, 0.29) is 29.9 Å². The largest absolute Gasteiger partial charge is 0.497 e. The second-order valence-corrected chi connectivity index (χ2v) is 6.92. The molecule has 0 aromatic heterocycles. The van der Waals surface area contributed by atoms with Gasteiger partial charge in [0, 0.05) is 18.7 Å². The summed E-state index contributed by atoms with van der Waals surface area (Å²) >= 11 is 0. The second kappa shape index (κ2) is 8.34. The van der Waals surface area contributed by atoms with Crippen LogP contribution in [-0.4, -0.2) is 55.2 Å². The van der Waals surface area contributed by atoms with Crippen LogP contribution in [0.2, 0.25) is 0 Å². The summed E-state index contributed by atoms with van der Waals surface area (Å²) in [7, 11) is 1.58. The maximum atomic E-state index is 12.9. The molecule has 1 aromatic rings. The Morgan fingerprint density at radius 1 is 1.16 bits per heavy atom. The molecule has 3 atom stereocenters. The lowest BCUT2D eigenvalue weighted by Crippen LogP contribution is -2.56. The Bertz CT molecular complexity index is 590. The van der Waals surface area contributed by atoms with Crippen molar-refractivity contribution in [1.82, 2.24) is 10.2 Å². The molecule has 1 heterocycles. The molecule has 1 aliphatic rings. The highest BCUT2D eigenvalue weighted by molar-refractivity contribution is 5.97. The molecule has 138 valence electrons. The average Bonchev–Trinajstić information content (AvgIpc) is 2.57. The van der Waals surface area contributed by atoms with Crippen molar-refractivity contribution >= 4 is 11.8 Å². The second-order valence-electron chi connectivity index (χ2n) is 6.92. The number of nitrogens with one attached hydrogen (secondary N) is 1. The number of carbonyl (C=O) groups excluding carboxylic acids is 2. The Hall–Kier alpha value is -2.08. The van der Waals surface area contributed by atoms with E-state index in [0.717, 1.165) is 0 Å². The van der Waals surface area contributed by atoms with Crippen molar-refractivity contribution in [2.24, 2.45) is 5.92 Å². The molecule has 0 aliphatic carbocycles. The van der Waals surface area contributed by atoms with Gasteiger partial charge in [-0.05, 0) is 44.0 Å². The first-order chi connectivity index (χ1) is 11.8. The van der Waals surface area contributed by atoms with Crippen LogP contribution >= 0.6 is 0 Å². The van der Waals surface area contributed by atoms with Gasteiger partial charge in [0.15, 0.2) is 0 Å². The molecule has 1 saturated heterocycles. The minimum atomic E-state index is -0.563. The SMILES string of the molecule is COc1ccc(C(=O)NC(C(=O)N2CC(C)OC(C)C2)C(C)C)cc1. The van der Waals surface area contributed by atoms with E-state index in [9.17, 15) is 9.59 Å². The molecular weight excluding hydrogens is 320 g/mol. The lowest BCUT2D eigenvalue weighted by atomic mass is 10.0. The zero-order chi connectivity index (χ0) is 18.6. The van der Waals surface area contributed by atoms with Crippen LogP contribution in [0.15, 0.2) is 24.3 Å². The van der Waals surface area contributed by atoms with E-state index in [0.29, 0.717) is 24.4 Å². The topological polar surface area (TPSA) is 67.9 Å². The number of benzene rings is 1. The van der Waals surface area contributed by atoms with Gasteiger partial charge in [0.1, 0.15) is 11.8 Å². The summed E-state index contributed by atoms with van der Waals surface area (Å²) in [5, 5.41) is 2.89. The lowest BCUT2D eigenvalue weighted by molar-refractivity contribution is -0.146. The maximum absolute atomic E-state index is 12.9. The fourth-order valence-electron chi connectivity index (χ4n) is 3.04. The lowest BCUT2D eigenvalue weighted by Gasteiger charge is -2.38. The predicted molar refractivity (Wildman–Crippen MR) is 95.7 cm³/mol. The van der Waals surface area contributed by atoms with Crippen molar-refractivity contribution in [2.45, 2.75) is 45.9 Å². The van der Waals surface area contributed by atoms with Crippen LogP contribution in [0, 0.1) is 5.92 Å². The van der Waals surface area contributed by atoms with Gasteiger partial charge in [-0.3, -0.25) is 9.59 Å². The molecule has 3 unspecified atom stereocenters. The minimum Gasteiger partial charge on any atom is -0.497 e. The van der Waals surface area contributed by atoms with E-state index in [1.165, 1.54) is 0 Å². The summed E-state index contributed by atoms with van der Waals surface area (Å²) < 4.78 is 10.8. The molecule has 6 nitrogen and oxygen atoms in total. The summed E-state index contributed by atoms with van der Waals surface area (Å²) in [6.07, 6.45) is -0.00407. The molecule has 0 bridgehead atoms. The molecular formula is C19H28N2O4. The number of hydrogen-bond donors (Lipinski definition) is 1. The molecule has 0 spiro atoms. The average molecular weight is 348 g/mol. The molecule has 0 radical (unpaired) electrons. The molecule has 6 heteroatoms. The van der Waals surface area contributed by atoms with Crippen molar-refractivity contribution in [3.05, 3.63) is 29.8 Å². The van der Waals surface area contributed by atoms with Crippen molar-refractivity contribution in [2.75, 3.05) is 20.2 Å². The van der Waals surface area contributed by atoms with Crippen molar-refractivity contribution in [1.29, 1.82) is 0 Å². The predicted octanol–water partition coefficient (Wildman–Crippen LogP) is 2.09. The number of rotatable bonds is 5. The molecule has 25 heavy (non-hydrogen) atoms. The molecule has 1 fully saturated rings. The quantitative estimate of drug-likeness (QED) is 0.885. The fourth-order valence-corrected chi connectivity index (χ4v) is 3.04. The zero-order valence-corrected chi connectivity index (χ0v) is 15.6. The number of methoxy groups -OCH3 is 1. The monoisotopic (exact) mass is 348 g/mol. The van der Waals surface area contributed by atoms with E-state index >= 15 is 0 Å². The third kappa shape index (κ3) is 4.95. The Balaban J connectivity index is 2.08. The molecule has 0 saturated carbocycles. The Morgan fingerprint density at radius 2 is 1.72 bits per heavy atom. The smallest absolute Gasteiger partial charge is 0.251 e. The van der Waals surface area contributed by atoms with Crippen LogP contribution in [0.1, 0.15) is 38.1 Å². The summed E-state index contributed by atoms with van der Waals surface area (Å²) in [5.41, 5.74) is 0.503. The molecule has 2 amide bonds. The zero-order valence-electron chi connectivity index (χ0n) is 15.6. The third-order valence-corrected chi connectivity index (χ3v) is 4.30. The number of amides is 2. The van der Waals surface area contributed by atoms with Gasteiger partial charge in [-0.25, -0.2) is 0 Å².